The Kier molecular flexibility index (Phi) is 4.27. The molecule has 7 heteroatoms. The van der Waals surface area contributed by atoms with Gasteiger partial charge in [-0.2, -0.15) is 0 Å². The SMILES string of the molecule is CS(=O)(=O)C1CCCC(Nc2ccc(F)c(F)c2F)C1. The van der Waals surface area contributed by atoms with Crippen LogP contribution in [0.1, 0.15) is 25.7 Å². The van der Waals surface area contributed by atoms with E-state index in [4.69, 9.17) is 0 Å². The maximum atomic E-state index is 13.6. The fourth-order valence-corrected chi connectivity index (χ4v) is 3.70. The molecule has 0 amide bonds. The zero-order valence-corrected chi connectivity index (χ0v) is 11.8. The number of benzene rings is 1. The molecule has 20 heavy (non-hydrogen) atoms. The van der Waals surface area contributed by atoms with Gasteiger partial charge in [-0.05, 0) is 31.4 Å². The Hall–Kier alpha value is -1.24. The predicted molar refractivity (Wildman–Crippen MR) is 70.8 cm³/mol. The van der Waals surface area contributed by atoms with Crippen molar-refractivity contribution < 1.29 is 21.6 Å². The first-order valence-electron chi connectivity index (χ1n) is 6.38. The summed E-state index contributed by atoms with van der Waals surface area (Å²) in [5, 5.41) is 2.30. The lowest BCUT2D eigenvalue weighted by Gasteiger charge is -2.29. The van der Waals surface area contributed by atoms with Gasteiger partial charge in [0, 0.05) is 12.3 Å². The molecule has 1 fully saturated rings. The van der Waals surface area contributed by atoms with Crippen molar-refractivity contribution >= 4 is 15.5 Å². The highest BCUT2D eigenvalue weighted by molar-refractivity contribution is 7.91. The van der Waals surface area contributed by atoms with Crippen LogP contribution >= 0.6 is 0 Å². The van der Waals surface area contributed by atoms with E-state index in [-0.39, 0.29) is 11.7 Å². The molecule has 1 aliphatic rings. The van der Waals surface area contributed by atoms with Crippen LogP contribution in [0.5, 0.6) is 0 Å². The Morgan fingerprint density at radius 1 is 1.15 bits per heavy atom. The average Bonchev–Trinajstić information content (AvgIpc) is 2.39. The van der Waals surface area contributed by atoms with Gasteiger partial charge in [0.05, 0.1) is 10.9 Å². The van der Waals surface area contributed by atoms with E-state index in [2.05, 4.69) is 5.32 Å². The van der Waals surface area contributed by atoms with Gasteiger partial charge in [-0.15, -0.1) is 0 Å². The third-order valence-corrected chi connectivity index (χ3v) is 5.27. The summed E-state index contributed by atoms with van der Waals surface area (Å²) in [4.78, 5) is 0. The van der Waals surface area contributed by atoms with Crippen LogP contribution in [0.25, 0.3) is 0 Å². The van der Waals surface area contributed by atoms with Gasteiger partial charge in [0.25, 0.3) is 0 Å². The number of rotatable bonds is 3. The Balaban J connectivity index is 2.13. The highest BCUT2D eigenvalue weighted by atomic mass is 32.2. The van der Waals surface area contributed by atoms with E-state index in [0.29, 0.717) is 25.7 Å². The van der Waals surface area contributed by atoms with Gasteiger partial charge in [0.1, 0.15) is 9.84 Å². The lowest BCUT2D eigenvalue weighted by molar-refractivity contribution is 0.437. The molecule has 0 saturated heterocycles. The van der Waals surface area contributed by atoms with Gasteiger partial charge in [-0.1, -0.05) is 6.42 Å². The molecule has 0 bridgehead atoms. The standard InChI is InChI=1S/C13H16F3NO2S/c1-20(18,19)9-4-2-3-8(7-9)17-11-6-5-10(14)12(15)13(11)16/h5-6,8-9,17H,2-4,7H2,1H3. The quantitative estimate of drug-likeness (QED) is 0.874. The summed E-state index contributed by atoms with van der Waals surface area (Å²) in [7, 11) is -3.14. The second kappa shape index (κ2) is 5.63. The molecule has 2 rings (SSSR count). The number of anilines is 1. The summed E-state index contributed by atoms with van der Waals surface area (Å²) in [6, 6.07) is 1.71. The van der Waals surface area contributed by atoms with E-state index >= 15 is 0 Å². The lowest BCUT2D eigenvalue weighted by atomic mass is 9.94. The molecular weight excluding hydrogens is 291 g/mol. The summed E-state index contributed by atoms with van der Waals surface area (Å²) in [6.45, 7) is 0. The normalized spacial score (nSPS) is 23.6. The van der Waals surface area contributed by atoms with E-state index in [1.807, 2.05) is 0 Å². The molecule has 112 valence electrons. The third-order valence-electron chi connectivity index (χ3n) is 3.63. The van der Waals surface area contributed by atoms with Gasteiger partial charge in [-0.25, -0.2) is 21.6 Å². The summed E-state index contributed by atoms with van der Waals surface area (Å²) in [5.41, 5.74) is -0.136. The Morgan fingerprint density at radius 2 is 1.85 bits per heavy atom. The van der Waals surface area contributed by atoms with Gasteiger partial charge in [0.2, 0.25) is 0 Å². The Morgan fingerprint density at radius 3 is 2.50 bits per heavy atom. The summed E-state index contributed by atoms with van der Waals surface area (Å²) >= 11 is 0. The van der Waals surface area contributed by atoms with Crippen LogP contribution in [-0.2, 0) is 9.84 Å². The van der Waals surface area contributed by atoms with Crippen LogP contribution in [0.4, 0.5) is 18.9 Å². The van der Waals surface area contributed by atoms with E-state index in [1.54, 1.807) is 0 Å². The molecule has 0 aliphatic heterocycles. The monoisotopic (exact) mass is 307 g/mol. The predicted octanol–water partition coefficient (Wildman–Crippen LogP) is 2.87. The number of sulfone groups is 1. The minimum Gasteiger partial charge on any atom is -0.380 e. The van der Waals surface area contributed by atoms with Crippen molar-refractivity contribution in [3.63, 3.8) is 0 Å². The van der Waals surface area contributed by atoms with Gasteiger partial charge in [-0.3, -0.25) is 0 Å². The Labute approximate surface area is 116 Å². The smallest absolute Gasteiger partial charge is 0.196 e. The number of hydrogen-bond acceptors (Lipinski definition) is 3. The minimum atomic E-state index is -3.14. The van der Waals surface area contributed by atoms with Gasteiger partial charge in [0.15, 0.2) is 17.5 Å². The van der Waals surface area contributed by atoms with Crippen molar-refractivity contribution in [3.8, 4) is 0 Å². The van der Waals surface area contributed by atoms with Crippen molar-refractivity contribution in [1.29, 1.82) is 0 Å². The van der Waals surface area contributed by atoms with Crippen molar-refractivity contribution in [1.82, 2.24) is 0 Å². The highest BCUT2D eigenvalue weighted by Gasteiger charge is 2.29. The first-order valence-corrected chi connectivity index (χ1v) is 8.33. The molecule has 0 aromatic heterocycles. The van der Waals surface area contributed by atoms with Crippen LogP contribution in [0.3, 0.4) is 0 Å². The summed E-state index contributed by atoms with van der Waals surface area (Å²) in [5.74, 6) is -4.04. The summed E-state index contributed by atoms with van der Waals surface area (Å²) < 4.78 is 62.6. The molecule has 0 spiro atoms. The van der Waals surface area contributed by atoms with Crippen LogP contribution in [-0.4, -0.2) is 26.0 Å². The van der Waals surface area contributed by atoms with Gasteiger partial charge < -0.3 is 5.32 Å². The van der Waals surface area contributed by atoms with Crippen molar-refractivity contribution in [2.24, 2.45) is 0 Å². The molecule has 1 N–H and O–H groups in total. The lowest BCUT2D eigenvalue weighted by Crippen LogP contribution is -2.34. The van der Waals surface area contributed by atoms with Crippen molar-refractivity contribution in [2.75, 3.05) is 11.6 Å². The molecule has 1 aromatic rings. The molecular formula is C13H16F3NO2S. The second-order valence-corrected chi connectivity index (χ2v) is 7.51. The maximum Gasteiger partial charge on any atom is 0.196 e. The molecule has 3 nitrogen and oxygen atoms in total. The van der Waals surface area contributed by atoms with E-state index < -0.39 is 32.5 Å². The van der Waals surface area contributed by atoms with Crippen LogP contribution in [0.2, 0.25) is 0 Å². The number of halogens is 3. The second-order valence-electron chi connectivity index (χ2n) is 5.18. The number of nitrogens with one attached hydrogen (secondary N) is 1. The first kappa shape index (κ1) is 15.2. The largest absolute Gasteiger partial charge is 0.380 e. The average molecular weight is 307 g/mol. The zero-order chi connectivity index (χ0) is 14.9. The first-order chi connectivity index (χ1) is 9.29. The van der Waals surface area contributed by atoms with Gasteiger partial charge >= 0.3 is 0 Å². The molecule has 2 unspecified atom stereocenters. The molecule has 2 atom stereocenters. The van der Waals surface area contributed by atoms with E-state index in [9.17, 15) is 21.6 Å². The fourth-order valence-electron chi connectivity index (χ4n) is 2.52. The third kappa shape index (κ3) is 3.26. The van der Waals surface area contributed by atoms with Crippen LogP contribution < -0.4 is 5.32 Å². The van der Waals surface area contributed by atoms with Crippen LogP contribution in [0, 0.1) is 17.5 Å². The van der Waals surface area contributed by atoms with Crippen molar-refractivity contribution in [2.45, 2.75) is 37.0 Å². The minimum absolute atomic E-state index is 0.136. The van der Waals surface area contributed by atoms with Crippen molar-refractivity contribution in [3.05, 3.63) is 29.6 Å². The molecule has 0 heterocycles. The molecule has 0 radical (unpaired) electrons. The Bertz CT molecular complexity index is 604. The highest BCUT2D eigenvalue weighted by Crippen LogP contribution is 2.28. The topological polar surface area (TPSA) is 46.2 Å². The van der Waals surface area contributed by atoms with Crippen LogP contribution in [0.15, 0.2) is 12.1 Å². The maximum absolute atomic E-state index is 13.6. The molecule has 1 aromatic carbocycles. The summed E-state index contributed by atoms with van der Waals surface area (Å²) in [6.07, 6.45) is 3.47. The fraction of sp³-hybridized carbons (Fsp3) is 0.538. The molecule has 1 aliphatic carbocycles. The number of hydrogen-bond donors (Lipinski definition) is 1. The molecule has 1 saturated carbocycles. The van der Waals surface area contributed by atoms with E-state index in [1.165, 1.54) is 6.26 Å². The van der Waals surface area contributed by atoms with E-state index in [0.717, 1.165) is 12.1 Å². The zero-order valence-electron chi connectivity index (χ0n) is 11.0.